The van der Waals surface area contributed by atoms with Crippen LogP contribution in [0.25, 0.3) is 0 Å². The Morgan fingerprint density at radius 3 is 2.62 bits per heavy atom. The maximum Gasteiger partial charge on any atom is 0.335 e. The Balaban J connectivity index is 3.69. The summed E-state index contributed by atoms with van der Waals surface area (Å²) in [6.45, 7) is 6.00. The average molecular weight is 188 g/mol. The summed E-state index contributed by atoms with van der Waals surface area (Å²) in [5.41, 5.74) is 0.974. The molecule has 0 aromatic heterocycles. The minimum absolute atomic E-state index is 0.0749. The normalized spacial score (nSPS) is 12.5. The third-order valence-electron chi connectivity index (χ3n) is 1.44. The largest absolute Gasteiger partial charge is 0.479 e. The van der Waals surface area contributed by atoms with Gasteiger partial charge in [0, 0.05) is 7.11 Å². The van der Waals surface area contributed by atoms with Crippen molar-refractivity contribution in [2.75, 3.05) is 20.3 Å². The highest BCUT2D eigenvalue weighted by molar-refractivity contribution is 5.72. The standard InChI is InChI=1S/C9H16O4/c1-7(2)4-5-13-8(6-12-3)9(10)11/h8H,1,4-6H2,2-3H3,(H,10,11). The molecule has 0 saturated carbocycles. The first-order valence-corrected chi connectivity index (χ1v) is 4.05. The van der Waals surface area contributed by atoms with Gasteiger partial charge in [0.15, 0.2) is 6.10 Å². The van der Waals surface area contributed by atoms with Gasteiger partial charge in [-0.25, -0.2) is 4.79 Å². The molecule has 0 fully saturated rings. The molecule has 0 heterocycles. The van der Waals surface area contributed by atoms with Crippen LogP contribution in [0.3, 0.4) is 0 Å². The summed E-state index contributed by atoms with van der Waals surface area (Å²) >= 11 is 0. The van der Waals surface area contributed by atoms with Crippen LogP contribution >= 0.6 is 0 Å². The van der Waals surface area contributed by atoms with Crippen LogP contribution in [0.15, 0.2) is 12.2 Å². The molecule has 1 atom stereocenters. The third-order valence-corrected chi connectivity index (χ3v) is 1.44. The van der Waals surface area contributed by atoms with Crippen molar-refractivity contribution in [3.8, 4) is 0 Å². The molecule has 0 aliphatic heterocycles. The summed E-state index contributed by atoms with van der Waals surface area (Å²) in [6.07, 6.45) is -0.197. The van der Waals surface area contributed by atoms with Crippen molar-refractivity contribution in [3.63, 3.8) is 0 Å². The molecule has 13 heavy (non-hydrogen) atoms. The van der Waals surface area contributed by atoms with Crippen molar-refractivity contribution in [1.82, 2.24) is 0 Å². The highest BCUT2D eigenvalue weighted by Gasteiger charge is 2.16. The number of hydrogen-bond acceptors (Lipinski definition) is 3. The van der Waals surface area contributed by atoms with Crippen LogP contribution in [0.4, 0.5) is 0 Å². The molecule has 0 radical (unpaired) electrons. The number of hydrogen-bond donors (Lipinski definition) is 1. The molecule has 4 nitrogen and oxygen atoms in total. The van der Waals surface area contributed by atoms with Gasteiger partial charge in [-0.05, 0) is 13.3 Å². The Morgan fingerprint density at radius 1 is 1.62 bits per heavy atom. The van der Waals surface area contributed by atoms with E-state index in [1.54, 1.807) is 0 Å². The van der Waals surface area contributed by atoms with Gasteiger partial charge in [0.05, 0.1) is 13.2 Å². The summed E-state index contributed by atoms with van der Waals surface area (Å²) in [4.78, 5) is 10.5. The topological polar surface area (TPSA) is 55.8 Å². The molecule has 0 bridgehead atoms. The lowest BCUT2D eigenvalue weighted by molar-refractivity contribution is -0.153. The number of ether oxygens (including phenoxy) is 2. The van der Waals surface area contributed by atoms with Gasteiger partial charge in [0.1, 0.15) is 0 Å². The predicted octanol–water partition coefficient (Wildman–Crippen LogP) is 1.07. The number of methoxy groups -OCH3 is 1. The first kappa shape index (κ1) is 12.1. The van der Waals surface area contributed by atoms with E-state index in [2.05, 4.69) is 6.58 Å². The Morgan fingerprint density at radius 2 is 2.23 bits per heavy atom. The van der Waals surface area contributed by atoms with E-state index in [1.165, 1.54) is 7.11 Å². The van der Waals surface area contributed by atoms with E-state index >= 15 is 0 Å². The van der Waals surface area contributed by atoms with E-state index in [1.807, 2.05) is 6.92 Å². The lowest BCUT2D eigenvalue weighted by Gasteiger charge is -2.12. The maximum atomic E-state index is 10.5. The average Bonchev–Trinajstić information content (AvgIpc) is 2.02. The van der Waals surface area contributed by atoms with Gasteiger partial charge in [-0.2, -0.15) is 0 Å². The van der Waals surface area contributed by atoms with Crippen LogP contribution in [0.5, 0.6) is 0 Å². The molecule has 0 aromatic rings. The van der Waals surface area contributed by atoms with Gasteiger partial charge < -0.3 is 14.6 Å². The molecule has 1 N–H and O–H groups in total. The first-order chi connectivity index (χ1) is 6.07. The molecule has 0 spiro atoms. The molecule has 1 unspecified atom stereocenters. The molecular formula is C9H16O4. The van der Waals surface area contributed by atoms with E-state index in [-0.39, 0.29) is 6.61 Å². The second-order valence-electron chi connectivity index (χ2n) is 2.86. The lowest BCUT2D eigenvalue weighted by Crippen LogP contribution is -2.29. The number of rotatable bonds is 7. The van der Waals surface area contributed by atoms with Crippen molar-refractivity contribution >= 4 is 5.97 Å². The summed E-state index contributed by atoms with van der Waals surface area (Å²) < 4.78 is 9.76. The monoisotopic (exact) mass is 188 g/mol. The fourth-order valence-corrected chi connectivity index (χ4v) is 0.717. The molecule has 0 rings (SSSR count). The molecule has 76 valence electrons. The minimum atomic E-state index is -0.997. The minimum Gasteiger partial charge on any atom is -0.479 e. The summed E-state index contributed by atoms with van der Waals surface area (Å²) in [5.74, 6) is -0.997. The highest BCUT2D eigenvalue weighted by Crippen LogP contribution is 1.99. The van der Waals surface area contributed by atoms with Crippen LogP contribution < -0.4 is 0 Å². The van der Waals surface area contributed by atoms with Gasteiger partial charge in [0.25, 0.3) is 0 Å². The van der Waals surface area contributed by atoms with Gasteiger partial charge in [-0.15, -0.1) is 6.58 Å². The van der Waals surface area contributed by atoms with Crippen LogP contribution in [0.2, 0.25) is 0 Å². The SMILES string of the molecule is C=C(C)CCOC(COC)C(=O)O. The lowest BCUT2D eigenvalue weighted by atomic mass is 10.2. The molecular weight excluding hydrogens is 172 g/mol. The zero-order chi connectivity index (χ0) is 10.3. The molecule has 4 heteroatoms. The number of carboxylic acid groups (broad SMARTS) is 1. The number of carboxylic acids is 1. The Labute approximate surface area is 78.2 Å². The van der Waals surface area contributed by atoms with Crippen LogP contribution in [0.1, 0.15) is 13.3 Å². The van der Waals surface area contributed by atoms with E-state index in [0.29, 0.717) is 13.0 Å². The smallest absolute Gasteiger partial charge is 0.335 e. The van der Waals surface area contributed by atoms with E-state index in [9.17, 15) is 4.79 Å². The van der Waals surface area contributed by atoms with E-state index in [4.69, 9.17) is 14.6 Å². The fraction of sp³-hybridized carbons (Fsp3) is 0.667. The van der Waals surface area contributed by atoms with Gasteiger partial charge in [-0.3, -0.25) is 0 Å². The van der Waals surface area contributed by atoms with Crippen molar-refractivity contribution in [1.29, 1.82) is 0 Å². The molecule has 0 aromatic carbocycles. The van der Waals surface area contributed by atoms with Crippen LogP contribution in [0, 0.1) is 0 Å². The summed E-state index contributed by atoms with van der Waals surface area (Å²) in [7, 11) is 1.44. The zero-order valence-corrected chi connectivity index (χ0v) is 8.08. The van der Waals surface area contributed by atoms with Crippen molar-refractivity contribution in [3.05, 3.63) is 12.2 Å². The second kappa shape index (κ2) is 6.62. The zero-order valence-electron chi connectivity index (χ0n) is 8.08. The van der Waals surface area contributed by atoms with Gasteiger partial charge in [-0.1, -0.05) is 5.57 Å². The number of carbonyl (C=O) groups is 1. The Kier molecular flexibility index (Phi) is 6.18. The maximum absolute atomic E-state index is 10.5. The summed E-state index contributed by atoms with van der Waals surface area (Å²) in [6, 6.07) is 0. The summed E-state index contributed by atoms with van der Waals surface area (Å²) in [5, 5.41) is 8.64. The van der Waals surface area contributed by atoms with Gasteiger partial charge in [0.2, 0.25) is 0 Å². The second-order valence-corrected chi connectivity index (χ2v) is 2.86. The number of aliphatic carboxylic acids is 1. The van der Waals surface area contributed by atoms with Crippen molar-refractivity contribution in [2.24, 2.45) is 0 Å². The molecule has 0 saturated heterocycles. The van der Waals surface area contributed by atoms with Crippen molar-refractivity contribution in [2.45, 2.75) is 19.4 Å². The van der Waals surface area contributed by atoms with Crippen LogP contribution in [-0.4, -0.2) is 37.5 Å². The first-order valence-electron chi connectivity index (χ1n) is 4.05. The van der Waals surface area contributed by atoms with E-state index in [0.717, 1.165) is 5.57 Å². The Bertz CT molecular complexity index is 176. The molecule has 0 amide bonds. The molecule has 0 aliphatic rings. The van der Waals surface area contributed by atoms with Crippen molar-refractivity contribution < 1.29 is 19.4 Å². The quantitative estimate of drug-likeness (QED) is 0.607. The predicted molar refractivity (Wildman–Crippen MR) is 48.7 cm³/mol. The highest BCUT2D eigenvalue weighted by atomic mass is 16.5. The third kappa shape index (κ3) is 6.31. The molecule has 0 aliphatic carbocycles. The van der Waals surface area contributed by atoms with E-state index < -0.39 is 12.1 Å². The van der Waals surface area contributed by atoms with Gasteiger partial charge >= 0.3 is 5.97 Å². The van der Waals surface area contributed by atoms with Crippen LogP contribution in [-0.2, 0) is 14.3 Å². The Hall–Kier alpha value is -0.870. The fourth-order valence-electron chi connectivity index (χ4n) is 0.717.